The number of imidazole rings is 1. The number of hydrogen-bond donors (Lipinski definition) is 3. The third kappa shape index (κ3) is 3.74. The number of anilines is 1. The predicted octanol–water partition coefficient (Wildman–Crippen LogP) is 3.27. The van der Waals surface area contributed by atoms with Crippen LogP contribution in [-0.4, -0.2) is 54.2 Å². The zero-order valence-electron chi connectivity index (χ0n) is 17.9. The summed E-state index contributed by atoms with van der Waals surface area (Å²) in [4.78, 5) is 13.6. The van der Waals surface area contributed by atoms with Gasteiger partial charge in [0.25, 0.3) is 0 Å². The van der Waals surface area contributed by atoms with Crippen LogP contribution < -0.4 is 5.32 Å². The Kier molecular flexibility index (Phi) is 5.79. The fourth-order valence-electron chi connectivity index (χ4n) is 4.66. The van der Waals surface area contributed by atoms with Crippen LogP contribution in [0.15, 0.2) is 36.7 Å². The predicted molar refractivity (Wildman–Crippen MR) is 117 cm³/mol. The number of aromatic nitrogens is 4. The maximum atomic E-state index is 14.9. The maximum absolute atomic E-state index is 14.9. The van der Waals surface area contributed by atoms with Crippen molar-refractivity contribution in [2.45, 2.75) is 75.8 Å². The molecule has 1 aliphatic heterocycles. The van der Waals surface area contributed by atoms with Crippen LogP contribution >= 0.6 is 0 Å². The maximum Gasteiger partial charge on any atom is 0.173 e. The largest absolute Gasteiger partial charge is 0.387 e. The lowest BCUT2D eigenvalue weighted by Gasteiger charge is -2.18. The van der Waals surface area contributed by atoms with Gasteiger partial charge in [-0.05, 0) is 24.8 Å². The first kappa shape index (κ1) is 21.2. The van der Waals surface area contributed by atoms with E-state index in [-0.39, 0.29) is 11.9 Å². The van der Waals surface area contributed by atoms with Crippen molar-refractivity contribution in [1.82, 2.24) is 19.5 Å². The lowest BCUT2D eigenvalue weighted by Crippen LogP contribution is -2.28. The Bertz CT molecular complexity index is 1070. The molecule has 1 saturated carbocycles. The number of rotatable bonds is 6. The molecule has 0 bridgehead atoms. The molecule has 1 aliphatic carbocycles. The van der Waals surface area contributed by atoms with Crippen molar-refractivity contribution >= 4 is 17.0 Å². The van der Waals surface area contributed by atoms with Crippen molar-refractivity contribution in [3.8, 4) is 0 Å². The molecule has 0 amide bonds. The standard InChI is InChI=1S/C23H28FN5O3/c1-2-15-19(31)16(24)23(32-15)29-12-25-17-20(26-14-10-6-7-11-14)27-21(28-22(17)29)18(30)13-8-4-3-5-9-13/h3-5,8-9,12,14-16,18-19,23,30-31H,2,6-7,10-11H2,1H3,(H,26,27,28)/t15-,16+,18?,19-,23-/m1/s1. The summed E-state index contributed by atoms with van der Waals surface area (Å²) in [7, 11) is 0. The van der Waals surface area contributed by atoms with Crippen molar-refractivity contribution in [2.75, 3.05) is 5.32 Å². The van der Waals surface area contributed by atoms with Gasteiger partial charge in [-0.3, -0.25) is 4.57 Å². The highest BCUT2D eigenvalue weighted by Crippen LogP contribution is 2.36. The van der Waals surface area contributed by atoms with Gasteiger partial charge in [0.05, 0.1) is 12.4 Å². The zero-order chi connectivity index (χ0) is 22.2. The molecule has 1 unspecified atom stereocenters. The molecule has 5 rings (SSSR count). The number of benzene rings is 1. The molecule has 9 heteroatoms. The highest BCUT2D eigenvalue weighted by Gasteiger charge is 2.45. The zero-order valence-corrected chi connectivity index (χ0v) is 17.9. The number of nitrogens with zero attached hydrogens (tertiary/aromatic N) is 4. The normalized spacial score (nSPS) is 27.2. The van der Waals surface area contributed by atoms with Gasteiger partial charge >= 0.3 is 0 Å². The molecule has 3 N–H and O–H groups in total. The van der Waals surface area contributed by atoms with E-state index < -0.39 is 30.7 Å². The first-order valence-electron chi connectivity index (χ1n) is 11.3. The van der Waals surface area contributed by atoms with E-state index in [1.807, 2.05) is 25.1 Å². The molecule has 5 atom stereocenters. The van der Waals surface area contributed by atoms with Gasteiger partial charge in [-0.15, -0.1) is 0 Å². The summed E-state index contributed by atoms with van der Waals surface area (Å²) in [6.45, 7) is 1.84. The third-order valence-corrected chi connectivity index (χ3v) is 6.46. The molecule has 3 heterocycles. The first-order valence-corrected chi connectivity index (χ1v) is 11.3. The van der Waals surface area contributed by atoms with Gasteiger partial charge < -0.3 is 20.3 Å². The Hall–Kier alpha value is -2.62. The van der Waals surface area contributed by atoms with Crippen molar-refractivity contribution in [1.29, 1.82) is 0 Å². The third-order valence-electron chi connectivity index (χ3n) is 6.46. The van der Waals surface area contributed by atoms with Gasteiger partial charge in [0.2, 0.25) is 0 Å². The number of aliphatic hydroxyl groups is 2. The Balaban J connectivity index is 1.59. The van der Waals surface area contributed by atoms with Crippen LogP contribution in [0.5, 0.6) is 0 Å². The quantitative estimate of drug-likeness (QED) is 0.539. The second-order valence-corrected chi connectivity index (χ2v) is 8.60. The van der Waals surface area contributed by atoms with Gasteiger partial charge in [-0.2, -0.15) is 0 Å². The Morgan fingerprint density at radius 1 is 1.22 bits per heavy atom. The van der Waals surface area contributed by atoms with E-state index in [4.69, 9.17) is 4.74 Å². The molecule has 2 aliphatic rings. The molecule has 1 saturated heterocycles. The van der Waals surface area contributed by atoms with Gasteiger partial charge in [0.1, 0.15) is 12.2 Å². The molecular formula is C23H28FN5O3. The molecular weight excluding hydrogens is 413 g/mol. The van der Waals surface area contributed by atoms with E-state index >= 15 is 0 Å². The Morgan fingerprint density at radius 3 is 2.66 bits per heavy atom. The summed E-state index contributed by atoms with van der Waals surface area (Å²) in [6, 6.07) is 9.43. The minimum Gasteiger partial charge on any atom is -0.387 e. The van der Waals surface area contributed by atoms with E-state index in [0.29, 0.717) is 29.0 Å². The molecule has 2 aromatic heterocycles. The topological polar surface area (TPSA) is 105 Å². The van der Waals surface area contributed by atoms with Crippen LogP contribution in [0.3, 0.4) is 0 Å². The smallest absolute Gasteiger partial charge is 0.173 e. The fraction of sp³-hybridized carbons (Fsp3) is 0.522. The van der Waals surface area contributed by atoms with Gasteiger partial charge in [0, 0.05) is 6.04 Å². The summed E-state index contributed by atoms with van der Waals surface area (Å²) in [5.41, 5.74) is 1.51. The fourth-order valence-corrected chi connectivity index (χ4v) is 4.66. The summed E-state index contributed by atoms with van der Waals surface area (Å²) in [5, 5.41) is 24.6. The lowest BCUT2D eigenvalue weighted by molar-refractivity contribution is -0.0238. The minimum absolute atomic E-state index is 0.201. The number of alkyl halides is 1. The van der Waals surface area contributed by atoms with E-state index in [0.717, 1.165) is 25.7 Å². The van der Waals surface area contributed by atoms with Crippen LogP contribution in [0.25, 0.3) is 11.2 Å². The van der Waals surface area contributed by atoms with Crippen LogP contribution in [0, 0.1) is 0 Å². The van der Waals surface area contributed by atoms with E-state index in [2.05, 4.69) is 20.3 Å². The SMILES string of the molecule is CC[C@H]1O[C@@H](n2cnc3c(NC4CCCC4)nc(C(O)c4ccccc4)nc32)[C@@H](F)[C@@H]1O. The van der Waals surface area contributed by atoms with Gasteiger partial charge in [0.15, 0.2) is 35.2 Å². The number of aliphatic hydroxyl groups excluding tert-OH is 2. The second kappa shape index (κ2) is 8.73. The average Bonchev–Trinajstić information content (AvgIpc) is 3.54. The minimum atomic E-state index is -1.61. The van der Waals surface area contributed by atoms with Crippen LogP contribution in [0.2, 0.25) is 0 Å². The molecule has 0 spiro atoms. The van der Waals surface area contributed by atoms with E-state index in [1.165, 1.54) is 10.9 Å². The Morgan fingerprint density at radius 2 is 1.97 bits per heavy atom. The van der Waals surface area contributed by atoms with Crippen LogP contribution in [0.1, 0.15) is 62.7 Å². The van der Waals surface area contributed by atoms with Crippen molar-refractivity contribution in [3.05, 3.63) is 48.0 Å². The monoisotopic (exact) mass is 441 g/mol. The molecule has 32 heavy (non-hydrogen) atoms. The number of nitrogens with one attached hydrogen (secondary N) is 1. The molecule has 8 nitrogen and oxygen atoms in total. The summed E-state index contributed by atoms with van der Waals surface area (Å²) >= 11 is 0. The average molecular weight is 442 g/mol. The summed E-state index contributed by atoms with van der Waals surface area (Å²) in [5.74, 6) is 0.721. The first-order chi connectivity index (χ1) is 15.6. The second-order valence-electron chi connectivity index (χ2n) is 8.60. The number of halogens is 1. The van der Waals surface area contributed by atoms with E-state index in [9.17, 15) is 14.6 Å². The molecule has 0 radical (unpaired) electrons. The van der Waals surface area contributed by atoms with E-state index in [1.54, 1.807) is 12.1 Å². The van der Waals surface area contributed by atoms with Gasteiger partial charge in [-0.1, -0.05) is 50.1 Å². The van der Waals surface area contributed by atoms with Gasteiger partial charge in [-0.25, -0.2) is 19.3 Å². The molecule has 1 aromatic carbocycles. The Labute approximate surface area is 185 Å². The van der Waals surface area contributed by atoms with Crippen molar-refractivity contribution in [2.24, 2.45) is 0 Å². The summed E-state index contributed by atoms with van der Waals surface area (Å²) < 4.78 is 22.2. The van der Waals surface area contributed by atoms with Crippen molar-refractivity contribution in [3.63, 3.8) is 0 Å². The molecule has 2 fully saturated rings. The highest BCUT2D eigenvalue weighted by molar-refractivity contribution is 5.83. The number of fused-ring (bicyclic) bond motifs is 1. The van der Waals surface area contributed by atoms with Crippen molar-refractivity contribution < 1.29 is 19.3 Å². The number of ether oxygens (including phenoxy) is 1. The summed E-state index contributed by atoms with van der Waals surface area (Å²) in [6.07, 6.45) is 0.813. The van der Waals surface area contributed by atoms with Crippen LogP contribution in [0.4, 0.5) is 10.2 Å². The van der Waals surface area contributed by atoms with Crippen LogP contribution in [-0.2, 0) is 4.74 Å². The lowest BCUT2D eigenvalue weighted by atomic mass is 10.1. The molecule has 170 valence electrons. The number of hydrogen-bond acceptors (Lipinski definition) is 7. The molecule has 3 aromatic rings. The highest BCUT2D eigenvalue weighted by atomic mass is 19.1.